The van der Waals surface area contributed by atoms with Gasteiger partial charge in [0.1, 0.15) is 0 Å². The van der Waals surface area contributed by atoms with Crippen molar-refractivity contribution in [3.8, 4) is 0 Å². The predicted molar refractivity (Wildman–Crippen MR) is 89.9 cm³/mol. The Morgan fingerprint density at radius 3 is 2.48 bits per heavy atom. The standard InChI is InChI=1S/C16H24BrNO2S/c1-3-4-13-6-8-14(9-7-13)18-21(19,20)16-10-5-12(2)11-15(16)17/h5,10-11,13-14,18H,3-4,6-9H2,1-2H3. The maximum atomic E-state index is 12.5. The zero-order chi connectivity index (χ0) is 15.5. The van der Waals surface area contributed by atoms with Crippen LogP contribution in [-0.4, -0.2) is 14.5 Å². The molecule has 1 aromatic rings. The van der Waals surface area contributed by atoms with E-state index in [9.17, 15) is 8.42 Å². The second kappa shape index (κ2) is 7.25. The highest BCUT2D eigenvalue weighted by molar-refractivity contribution is 9.10. The van der Waals surface area contributed by atoms with Gasteiger partial charge in [-0.2, -0.15) is 0 Å². The molecule has 0 heterocycles. The Morgan fingerprint density at radius 2 is 1.90 bits per heavy atom. The summed E-state index contributed by atoms with van der Waals surface area (Å²) in [5.74, 6) is 0.780. The van der Waals surface area contributed by atoms with Crippen LogP contribution >= 0.6 is 15.9 Å². The Balaban J connectivity index is 2.02. The summed E-state index contributed by atoms with van der Waals surface area (Å²) in [4.78, 5) is 0.337. The van der Waals surface area contributed by atoms with Crippen molar-refractivity contribution < 1.29 is 8.42 Å². The fourth-order valence-corrected chi connectivity index (χ4v) is 5.58. The fourth-order valence-electron chi connectivity index (χ4n) is 3.08. The maximum absolute atomic E-state index is 12.5. The summed E-state index contributed by atoms with van der Waals surface area (Å²) < 4.78 is 28.5. The minimum atomic E-state index is -3.43. The Kier molecular flexibility index (Phi) is 5.86. The molecule has 0 bridgehead atoms. The van der Waals surface area contributed by atoms with Crippen molar-refractivity contribution in [1.29, 1.82) is 0 Å². The Labute approximate surface area is 136 Å². The van der Waals surface area contributed by atoms with E-state index in [1.54, 1.807) is 6.07 Å². The summed E-state index contributed by atoms with van der Waals surface area (Å²) in [6.07, 6.45) is 6.66. The molecule has 0 saturated heterocycles. The molecule has 21 heavy (non-hydrogen) atoms. The van der Waals surface area contributed by atoms with Gasteiger partial charge in [-0.15, -0.1) is 0 Å². The SMILES string of the molecule is CCCC1CCC(NS(=O)(=O)c2ccc(C)cc2Br)CC1. The maximum Gasteiger partial charge on any atom is 0.241 e. The molecular formula is C16H24BrNO2S. The lowest BCUT2D eigenvalue weighted by Gasteiger charge is -2.28. The molecule has 1 N–H and O–H groups in total. The molecular weight excluding hydrogens is 350 g/mol. The van der Waals surface area contributed by atoms with Gasteiger partial charge in [-0.25, -0.2) is 13.1 Å². The van der Waals surface area contributed by atoms with Crippen molar-refractivity contribution >= 4 is 26.0 Å². The third kappa shape index (κ3) is 4.54. The third-order valence-corrected chi connectivity index (χ3v) is 6.74. The number of rotatable bonds is 5. The molecule has 0 atom stereocenters. The summed E-state index contributed by atoms with van der Waals surface area (Å²) in [5.41, 5.74) is 1.04. The van der Waals surface area contributed by atoms with Crippen LogP contribution in [0.1, 0.15) is 51.0 Å². The number of hydrogen-bond acceptors (Lipinski definition) is 2. The van der Waals surface area contributed by atoms with Crippen molar-refractivity contribution in [2.75, 3.05) is 0 Å². The van der Waals surface area contributed by atoms with Gasteiger partial charge in [0, 0.05) is 10.5 Å². The second-order valence-electron chi connectivity index (χ2n) is 6.06. The van der Waals surface area contributed by atoms with Crippen LogP contribution in [-0.2, 0) is 10.0 Å². The van der Waals surface area contributed by atoms with E-state index in [-0.39, 0.29) is 6.04 Å². The number of sulfonamides is 1. The smallest absolute Gasteiger partial charge is 0.208 e. The van der Waals surface area contributed by atoms with Crippen molar-refractivity contribution in [1.82, 2.24) is 4.72 Å². The number of halogens is 1. The second-order valence-corrected chi connectivity index (χ2v) is 8.60. The number of benzene rings is 1. The average Bonchev–Trinajstić information content (AvgIpc) is 2.40. The molecule has 0 spiro atoms. The lowest BCUT2D eigenvalue weighted by molar-refractivity contribution is 0.297. The van der Waals surface area contributed by atoms with Gasteiger partial charge < -0.3 is 0 Å². The molecule has 1 aliphatic rings. The lowest BCUT2D eigenvalue weighted by Crippen LogP contribution is -2.37. The van der Waals surface area contributed by atoms with Crippen LogP contribution in [0.5, 0.6) is 0 Å². The first-order valence-electron chi connectivity index (χ1n) is 7.71. The summed E-state index contributed by atoms with van der Waals surface area (Å²) in [6.45, 7) is 4.16. The van der Waals surface area contributed by atoms with Crippen LogP contribution in [0.4, 0.5) is 0 Å². The van der Waals surface area contributed by atoms with Gasteiger partial charge in [0.2, 0.25) is 10.0 Å². The highest BCUT2D eigenvalue weighted by Crippen LogP contribution is 2.29. The first kappa shape index (κ1) is 17.0. The molecule has 0 aromatic heterocycles. The number of nitrogens with one attached hydrogen (secondary N) is 1. The molecule has 118 valence electrons. The highest BCUT2D eigenvalue weighted by atomic mass is 79.9. The van der Waals surface area contributed by atoms with Crippen LogP contribution in [0.15, 0.2) is 27.6 Å². The molecule has 1 aromatic carbocycles. The van der Waals surface area contributed by atoms with Crippen molar-refractivity contribution in [3.05, 3.63) is 28.2 Å². The van der Waals surface area contributed by atoms with Crippen LogP contribution in [0.2, 0.25) is 0 Å². The first-order valence-corrected chi connectivity index (χ1v) is 9.98. The van der Waals surface area contributed by atoms with Crippen LogP contribution in [0.25, 0.3) is 0 Å². The van der Waals surface area contributed by atoms with Gasteiger partial charge in [-0.1, -0.05) is 25.8 Å². The van der Waals surface area contributed by atoms with E-state index < -0.39 is 10.0 Å². The molecule has 5 heteroatoms. The van der Waals surface area contributed by atoms with Gasteiger partial charge in [0.15, 0.2) is 0 Å². The quantitative estimate of drug-likeness (QED) is 0.831. The molecule has 1 aliphatic carbocycles. The van der Waals surface area contributed by atoms with Crippen LogP contribution in [0, 0.1) is 12.8 Å². The van der Waals surface area contributed by atoms with Gasteiger partial charge in [0.05, 0.1) is 4.90 Å². The highest BCUT2D eigenvalue weighted by Gasteiger charge is 2.26. The van der Waals surface area contributed by atoms with Gasteiger partial charge >= 0.3 is 0 Å². The van der Waals surface area contributed by atoms with E-state index >= 15 is 0 Å². The molecule has 1 fully saturated rings. The molecule has 0 unspecified atom stereocenters. The molecule has 0 radical (unpaired) electrons. The van der Waals surface area contributed by atoms with Crippen molar-refractivity contribution in [3.63, 3.8) is 0 Å². The Hall–Kier alpha value is -0.390. The fraction of sp³-hybridized carbons (Fsp3) is 0.625. The van der Waals surface area contributed by atoms with Crippen molar-refractivity contribution in [2.45, 2.75) is 63.3 Å². The third-order valence-electron chi connectivity index (χ3n) is 4.24. The predicted octanol–water partition coefficient (Wildman–Crippen LogP) is 4.39. The summed E-state index contributed by atoms with van der Waals surface area (Å²) in [7, 11) is -3.43. The van der Waals surface area contributed by atoms with Gasteiger partial charge in [0.25, 0.3) is 0 Å². The molecule has 0 aliphatic heterocycles. The number of hydrogen-bond donors (Lipinski definition) is 1. The summed E-state index contributed by atoms with van der Waals surface area (Å²) >= 11 is 3.36. The number of aryl methyl sites for hydroxylation is 1. The van der Waals surface area contributed by atoms with E-state index in [2.05, 4.69) is 27.6 Å². The minimum absolute atomic E-state index is 0.0799. The van der Waals surface area contributed by atoms with E-state index in [0.29, 0.717) is 9.37 Å². The topological polar surface area (TPSA) is 46.2 Å². The molecule has 3 nitrogen and oxygen atoms in total. The van der Waals surface area contributed by atoms with E-state index in [4.69, 9.17) is 0 Å². The monoisotopic (exact) mass is 373 g/mol. The van der Waals surface area contributed by atoms with Crippen molar-refractivity contribution in [2.24, 2.45) is 5.92 Å². The first-order chi connectivity index (χ1) is 9.92. The molecule has 2 rings (SSSR count). The summed E-state index contributed by atoms with van der Waals surface area (Å²) in [5, 5.41) is 0. The molecule has 0 amide bonds. The van der Waals surface area contributed by atoms with Gasteiger partial charge in [-0.3, -0.25) is 0 Å². The minimum Gasteiger partial charge on any atom is -0.208 e. The lowest BCUT2D eigenvalue weighted by atomic mass is 9.84. The van der Waals surface area contributed by atoms with E-state index in [0.717, 1.165) is 37.2 Å². The van der Waals surface area contributed by atoms with E-state index in [1.807, 2.05) is 19.1 Å². The zero-order valence-electron chi connectivity index (χ0n) is 12.7. The Bertz CT molecular complexity index is 578. The Morgan fingerprint density at radius 1 is 1.24 bits per heavy atom. The largest absolute Gasteiger partial charge is 0.241 e. The zero-order valence-corrected chi connectivity index (χ0v) is 15.1. The summed E-state index contributed by atoms with van der Waals surface area (Å²) in [6, 6.07) is 5.42. The van der Waals surface area contributed by atoms with Crippen LogP contribution in [0.3, 0.4) is 0 Å². The molecule has 1 saturated carbocycles. The van der Waals surface area contributed by atoms with Crippen LogP contribution < -0.4 is 4.72 Å². The van der Waals surface area contributed by atoms with E-state index in [1.165, 1.54) is 12.8 Å². The van der Waals surface area contributed by atoms with Gasteiger partial charge in [-0.05, 0) is 72.2 Å². The average molecular weight is 374 g/mol. The normalized spacial score (nSPS) is 23.2.